The van der Waals surface area contributed by atoms with E-state index in [2.05, 4.69) is 12.0 Å². The van der Waals surface area contributed by atoms with Gasteiger partial charge in [0.15, 0.2) is 0 Å². The van der Waals surface area contributed by atoms with E-state index in [9.17, 15) is 0 Å². The van der Waals surface area contributed by atoms with Gasteiger partial charge in [0.2, 0.25) is 0 Å². The Bertz CT molecular complexity index is 559. The number of hydrogen-bond acceptors (Lipinski definition) is 2. The summed E-state index contributed by atoms with van der Waals surface area (Å²) in [5, 5.41) is 5.76. The van der Waals surface area contributed by atoms with Crippen LogP contribution in [0.15, 0.2) is 24.4 Å². The molecule has 102 valence electrons. The smallest absolute Gasteiger partial charge is 0.0819 e. The highest BCUT2D eigenvalue weighted by Gasteiger charge is 2.13. The maximum absolute atomic E-state index is 6.30. The largest absolute Gasteiger partial charge is 0.327 e. The molecule has 2 aromatic rings. The van der Waals surface area contributed by atoms with Crippen LogP contribution in [0.1, 0.15) is 24.6 Å². The molecule has 19 heavy (non-hydrogen) atoms. The quantitative estimate of drug-likeness (QED) is 0.933. The number of hydrogen-bond donors (Lipinski definition) is 1. The first kappa shape index (κ1) is 14.4. The van der Waals surface area contributed by atoms with E-state index in [0.717, 1.165) is 29.8 Å². The third-order valence-electron chi connectivity index (χ3n) is 3.17. The molecule has 1 aromatic carbocycles. The summed E-state index contributed by atoms with van der Waals surface area (Å²) in [6, 6.07) is 5.85. The Morgan fingerprint density at radius 2 is 2.05 bits per heavy atom. The fraction of sp³-hybridized carbons (Fsp3) is 0.357. The molecule has 5 heteroatoms. The van der Waals surface area contributed by atoms with Crippen molar-refractivity contribution in [1.29, 1.82) is 0 Å². The molecule has 2 rings (SSSR count). The number of aromatic nitrogens is 2. The average Bonchev–Trinajstić information content (AvgIpc) is 2.71. The summed E-state index contributed by atoms with van der Waals surface area (Å²) < 4.78 is 1.77. The summed E-state index contributed by atoms with van der Waals surface area (Å²) in [5.41, 5.74) is 8.79. The molecule has 0 bridgehead atoms. The number of nitrogens with zero attached hydrogens (tertiary/aromatic N) is 2. The average molecular weight is 298 g/mol. The van der Waals surface area contributed by atoms with Crippen molar-refractivity contribution in [3.8, 4) is 5.69 Å². The highest BCUT2D eigenvalue weighted by Crippen LogP contribution is 2.26. The van der Waals surface area contributed by atoms with Gasteiger partial charge in [-0.1, -0.05) is 36.2 Å². The molecule has 0 radical (unpaired) electrons. The lowest BCUT2D eigenvalue weighted by Crippen LogP contribution is -2.22. The lowest BCUT2D eigenvalue weighted by atomic mass is 10.0. The number of rotatable bonds is 4. The second-order valence-corrected chi connectivity index (χ2v) is 5.43. The molecule has 1 heterocycles. The van der Waals surface area contributed by atoms with Crippen molar-refractivity contribution in [1.82, 2.24) is 9.78 Å². The van der Waals surface area contributed by atoms with Crippen LogP contribution in [0.25, 0.3) is 5.69 Å². The molecule has 1 aromatic heterocycles. The molecular weight excluding hydrogens is 281 g/mol. The molecule has 0 aliphatic rings. The Labute approximate surface area is 123 Å². The summed E-state index contributed by atoms with van der Waals surface area (Å²) in [6.07, 6.45) is 3.43. The van der Waals surface area contributed by atoms with Crippen LogP contribution < -0.4 is 5.73 Å². The fourth-order valence-corrected chi connectivity index (χ4v) is 2.31. The van der Waals surface area contributed by atoms with Gasteiger partial charge in [-0.15, -0.1) is 0 Å². The maximum atomic E-state index is 6.30. The molecule has 0 spiro atoms. The van der Waals surface area contributed by atoms with Gasteiger partial charge in [-0.25, -0.2) is 4.68 Å². The van der Waals surface area contributed by atoms with Gasteiger partial charge < -0.3 is 5.73 Å². The van der Waals surface area contributed by atoms with E-state index in [1.165, 1.54) is 0 Å². The molecule has 0 aliphatic heterocycles. The molecule has 1 atom stereocenters. The summed E-state index contributed by atoms with van der Waals surface area (Å²) in [5.74, 6) is 0. The van der Waals surface area contributed by atoms with Crippen LogP contribution in [0.5, 0.6) is 0 Å². The zero-order valence-electron chi connectivity index (χ0n) is 11.0. The van der Waals surface area contributed by atoms with Gasteiger partial charge in [-0.2, -0.15) is 5.10 Å². The van der Waals surface area contributed by atoms with Crippen LogP contribution in [0.4, 0.5) is 0 Å². The Morgan fingerprint density at radius 3 is 2.63 bits per heavy atom. The summed E-state index contributed by atoms with van der Waals surface area (Å²) in [4.78, 5) is 0. The predicted molar refractivity (Wildman–Crippen MR) is 80.3 cm³/mol. The van der Waals surface area contributed by atoms with Crippen molar-refractivity contribution < 1.29 is 0 Å². The van der Waals surface area contributed by atoms with Gasteiger partial charge in [0.25, 0.3) is 0 Å². The van der Waals surface area contributed by atoms with Gasteiger partial charge in [0, 0.05) is 17.3 Å². The summed E-state index contributed by atoms with van der Waals surface area (Å²) >= 11 is 12.4. The molecule has 3 nitrogen and oxygen atoms in total. The van der Waals surface area contributed by atoms with E-state index in [-0.39, 0.29) is 6.04 Å². The van der Waals surface area contributed by atoms with Gasteiger partial charge in [0.05, 0.1) is 16.4 Å². The molecule has 0 saturated carbocycles. The summed E-state index contributed by atoms with van der Waals surface area (Å²) in [7, 11) is 0. The number of nitrogens with two attached hydrogens (primary N) is 1. The van der Waals surface area contributed by atoms with Crippen molar-refractivity contribution in [3.63, 3.8) is 0 Å². The van der Waals surface area contributed by atoms with Crippen LogP contribution in [0.2, 0.25) is 10.0 Å². The monoisotopic (exact) mass is 297 g/mol. The normalized spacial score (nSPS) is 12.7. The Hall–Kier alpha value is -1.03. The minimum atomic E-state index is 0.0887. The second kappa shape index (κ2) is 5.95. The van der Waals surface area contributed by atoms with Gasteiger partial charge in [0.1, 0.15) is 0 Å². The fourth-order valence-electron chi connectivity index (χ4n) is 1.93. The lowest BCUT2D eigenvalue weighted by Gasteiger charge is -2.15. The number of aryl methyl sites for hydroxylation is 1. The van der Waals surface area contributed by atoms with Crippen LogP contribution in [0, 0.1) is 6.92 Å². The van der Waals surface area contributed by atoms with Crippen LogP contribution >= 0.6 is 23.2 Å². The minimum absolute atomic E-state index is 0.0887. The van der Waals surface area contributed by atoms with E-state index in [1.54, 1.807) is 10.9 Å². The predicted octanol–water partition coefficient (Wildman–Crippen LogP) is 3.77. The van der Waals surface area contributed by atoms with Crippen molar-refractivity contribution in [2.24, 2.45) is 5.73 Å². The maximum Gasteiger partial charge on any atom is 0.0819 e. The summed E-state index contributed by atoms with van der Waals surface area (Å²) in [6.45, 7) is 3.94. The third kappa shape index (κ3) is 3.11. The molecule has 0 amide bonds. The van der Waals surface area contributed by atoms with Crippen molar-refractivity contribution in [3.05, 3.63) is 45.7 Å². The van der Waals surface area contributed by atoms with E-state index in [4.69, 9.17) is 28.9 Å². The molecule has 2 N–H and O–H groups in total. The van der Waals surface area contributed by atoms with E-state index < -0.39 is 0 Å². The second-order valence-electron chi connectivity index (χ2n) is 4.62. The number of halogens is 2. The van der Waals surface area contributed by atoms with E-state index in [1.807, 2.05) is 25.1 Å². The van der Waals surface area contributed by atoms with E-state index in [0.29, 0.717) is 10.0 Å². The van der Waals surface area contributed by atoms with Gasteiger partial charge in [-0.05, 0) is 37.5 Å². The molecule has 1 unspecified atom stereocenters. The topological polar surface area (TPSA) is 43.8 Å². The van der Waals surface area contributed by atoms with Crippen molar-refractivity contribution in [2.45, 2.75) is 32.7 Å². The van der Waals surface area contributed by atoms with E-state index >= 15 is 0 Å². The molecule has 0 fully saturated rings. The Morgan fingerprint density at radius 1 is 1.32 bits per heavy atom. The van der Waals surface area contributed by atoms with Crippen LogP contribution in [-0.2, 0) is 6.42 Å². The SMILES string of the molecule is CCC(N)Cc1c(Cl)cccc1-n1cc(Cl)c(C)n1. The standard InChI is InChI=1S/C14H17Cl2N3/c1-3-10(17)7-11-12(15)5-4-6-14(11)19-8-13(16)9(2)18-19/h4-6,8,10H,3,7,17H2,1-2H3. The third-order valence-corrected chi connectivity index (χ3v) is 3.90. The minimum Gasteiger partial charge on any atom is -0.327 e. The zero-order chi connectivity index (χ0) is 14.0. The first-order chi connectivity index (χ1) is 9.02. The molecule has 0 aliphatic carbocycles. The highest BCUT2D eigenvalue weighted by molar-refractivity contribution is 6.32. The lowest BCUT2D eigenvalue weighted by molar-refractivity contribution is 0.642. The first-order valence-electron chi connectivity index (χ1n) is 6.28. The highest BCUT2D eigenvalue weighted by atomic mass is 35.5. The van der Waals surface area contributed by atoms with Gasteiger partial charge in [-0.3, -0.25) is 0 Å². The Kier molecular flexibility index (Phi) is 4.50. The molecular formula is C14H17Cl2N3. The van der Waals surface area contributed by atoms with Crippen molar-refractivity contribution >= 4 is 23.2 Å². The number of benzene rings is 1. The van der Waals surface area contributed by atoms with Gasteiger partial charge >= 0.3 is 0 Å². The van der Waals surface area contributed by atoms with Crippen molar-refractivity contribution in [2.75, 3.05) is 0 Å². The van der Waals surface area contributed by atoms with Crippen LogP contribution in [-0.4, -0.2) is 15.8 Å². The first-order valence-corrected chi connectivity index (χ1v) is 7.03. The zero-order valence-corrected chi connectivity index (χ0v) is 12.5. The Balaban J connectivity index is 2.47. The molecule has 0 saturated heterocycles. The van der Waals surface area contributed by atoms with Crippen LogP contribution in [0.3, 0.4) is 0 Å².